The third-order valence-electron chi connectivity index (χ3n) is 14.9. The van der Waals surface area contributed by atoms with E-state index in [1.54, 1.807) is 27.7 Å². The number of carbonyl (C=O) groups excluding carboxylic acids is 4. The predicted octanol–water partition coefficient (Wildman–Crippen LogP) is 6.97. The Balaban J connectivity index is 0.000000134. The maximum Gasteiger partial charge on any atom is 0.146 e. The van der Waals surface area contributed by atoms with Crippen LogP contribution >= 0.6 is 0 Å². The summed E-state index contributed by atoms with van der Waals surface area (Å²) in [6.45, 7) is 11.1. The highest BCUT2D eigenvalue weighted by Crippen LogP contribution is 2.39. The lowest BCUT2D eigenvalue weighted by molar-refractivity contribution is -0.122. The van der Waals surface area contributed by atoms with Gasteiger partial charge in [-0.2, -0.15) is 0 Å². The number of Topliss-reactive ketones (excluding diaryl/α,β-unsaturated/α-hetero) is 4. The van der Waals surface area contributed by atoms with Crippen LogP contribution in [0.2, 0.25) is 0 Å². The molecule has 0 aromatic heterocycles. The molecule has 8 heteroatoms. The summed E-state index contributed by atoms with van der Waals surface area (Å²) in [5.41, 5.74) is 0. The fraction of sp³-hybridized carbons (Fsp3) is 0.909. The van der Waals surface area contributed by atoms with Crippen molar-refractivity contribution in [3.63, 3.8) is 0 Å². The molecular weight excluding hydrogens is 649 g/mol. The van der Waals surface area contributed by atoms with Gasteiger partial charge in [-0.3, -0.25) is 19.2 Å². The second kappa shape index (κ2) is 21.0. The SMILES string of the molecule is CC(=O)C1CC2CCCCC2CN1.CC(=O)C1CC2CCCCC2CN1.CC(=O)C1NCCC2CCCCC21.CC(=O)C1NCCC2CCCCC21. The van der Waals surface area contributed by atoms with Gasteiger partial charge in [-0.05, 0) is 153 Å². The molecule has 4 aliphatic carbocycles. The molecule has 0 aromatic carbocycles. The summed E-state index contributed by atoms with van der Waals surface area (Å²) in [7, 11) is 0. The van der Waals surface area contributed by atoms with Gasteiger partial charge in [0, 0.05) is 0 Å². The van der Waals surface area contributed by atoms with Crippen molar-refractivity contribution < 1.29 is 19.2 Å². The molecule has 0 bridgehead atoms. The summed E-state index contributed by atoms with van der Waals surface area (Å²) in [5, 5.41) is 13.5. The Bertz CT molecular complexity index is 1070. The van der Waals surface area contributed by atoms with Gasteiger partial charge in [-0.15, -0.1) is 0 Å². The van der Waals surface area contributed by atoms with Gasteiger partial charge >= 0.3 is 0 Å². The number of rotatable bonds is 4. The minimum Gasteiger partial charge on any atom is -0.307 e. The van der Waals surface area contributed by atoms with E-state index in [0.717, 1.165) is 74.5 Å². The Morgan fingerprint density at radius 1 is 0.365 bits per heavy atom. The van der Waals surface area contributed by atoms with E-state index in [0.29, 0.717) is 35.0 Å². The Morgan fingerprint density at radius 3 is 1.04 bits per heavy atom. The quantitative estimate of drug-likeness (QED) is 0.246. The summed E-state index contributed by atoms with van der Waals surface area (Å²) >= 11 is 0. The maximum atomic E-state index is 11.4. The number of hydrogen-bond acceptors (Lipinski definition) is 8. The summed E-state index contributed by atoms with van der Waals surface area (Å²) in [5.74, 6) is 7.72. The molecule has 0 aromatic rings. The zero-order chi connectivity index (χ0) is 37.0. The third-order valence-corrected chi connectivity index (χ3v) is 14.9. The highest BCUT2D eigenvalue weighted by molar-refractivity contribution is 5.83. The van der Waals surface area contributed by atoms with Crippen LogP contribution in [-0.2, 0) is 19.2 Å². The van der Waals surface area contributed by atoms with Gasteiger partial charge in [0.15, 0.2) is 0 Å². The molecule has 0 amide bonds. The van der Waals surface area contributed by atoms with Crippen molar-refractivity contribution in [1.29, 1.82) is 0 Å². The van der Waals surface area contributed by atoms with Crippen molar-refractivity contribution in [2.75, 3.05) is 26.2 Å². The van der Waals surface area contributed by atoms with E-state index in [1.165, 1.54) is 116 Å². The summed E-state index contributed by atoms with van der Waals surface area (Å²) in [6, 6.07) is 0.691. The average Bonchev–Trinajstić information content (AvgIpc) is 3.17. The number of nitrogens with one attached hydrogen (secondary N) is 4. The fourth-order valence-electron chi connectivity index (χ4n) is 11.8. The van der Waals surface area contributed by atoms with Gasteiger partial charge in [0.05, 0.1) is 24.2 Å². The number of hydrogen-bond donors (Lipinski definition) is 4. The van der Waals surface area contributed by atoms with Crippen LogP contribution in [-0.4, -0.2) is 73.5 Å². The molecule has 0 radical (unpaired) electrons. The van der Waals surface area contributed by atoms with Crippen molar-refractivity contribution in [2.24, 2.45) is 47.3 Å². The highest BCUT2D eigenvalue weighted by atomic mass is 16.1. The molecule has 4 N–H and O–H groups in total. The first-order valence-electron chi connectivity index (χ1n) is 22.1. The van der Waals surface area contributed by atoms with Gasteiger partial charge in [-0.25, -0.2) is 0 Å². The smallest absolute Gasteiger partial charge is 0.146 e. The predicted molar refractivity (Wildman–Crippen MR) is 210 cm³/mol. The number of fused-ring (bicyclic) bond motifs is 4. The first kappa shape index (κ1) is 41.7. The van der Waals surface area contributed by atoms with Crippen LogP contribution < -0.4 is 21.3 Å². The minimum atomic E-state index is 0.166. The number of piperidine rings is 4. The van der Waals surface area contributed by atoms with E-state index in [9.17, 15) is 19.2 Å². The lowest BCUT2D eigenvalue weighted by atomic mass is 9.71. The van der Waals surface area contributed by atoms with Crippen LogP contribution in [0.5, 0.6) is 0 Å². The monoisotopic (exact) mass is 725 g/mol. The topological polar surface area (TPSA) is 116 Å². The highest BCUT2D eigenvalue weighted by Gasteiger charge is 2.38. The van der Waals surface area contributed by atoms with E-state index in [1.807, 2.05) is 0 Å². The van der Waals surface area contributed by atoms with Crippen LogP contribution in [0.15, 0.2) is 0 Å². The Labute approximate surface area is 316 Å². The second-order valence-electron chi connectivity index (χ2n) is 18.3. The van der Waals surface area contributed by atoms with E-state index < -0.39 is 0 Å². The second-order valence-corrected chi connectivity index (χ2v) is 18.3. The molecule has 296 valence electrons. The molecular formula is C44H76N4O4. The van der Waals surface area contributed by atoms with Gasteiger partial charge in [0.2, 0.25) is 0 Å². The maximum absolute atomic E-state index is 11.4. The fourth-order valence-corrected chi connectivity index (χ4v) is 11.8. The molecule has 4 saturated carbocycles. The van der Waals surface area contributed by atoms with Crippen LogP contribution in [0.25, 0.3) is 0 Å². The van der Waals surface area contributed by atoms with Gasteiger partial charge in [0.25, 0.3) is 0 Å². The van der Waals surface area contributed by atoms with E-state index >= 15 is 0 Å². The number of carbonyl (C=O) groups is 4. The van der Waals surface area contributed by atoms with Crippen molar-refractivity contribution in [3.05, 3.63) is 0 Å². The molecule has 4 aliphatic heterocycles. The minimum absolute atomic E-state index is 0.166. The zero-order valence-electron chi connectivity index (χ0n) is 33.5. The summed E-state index contributed by atoms with van der Waals surface area (Å²) in [6.07, 6.45) is 26.4. The molecule has 8 rings (SSSR count). The first-order valence-corrected chi connectivity index (χ1v) is 22.1. The first-order chi connectivity index (χ1) is 25.1. The van der Waals surface area contributed by atoms with E-state index in [-0.39, 0.29) is 24.2 Å². The molecule has 12 atom stereocenters. The lowest BCUT2D eigenvalue weighted by Crippen LogP contribution is -2.50. The van der Waals surface area contributed by atoms with Crippen molar-refractivity contribution >= 4 is 23.1 Å². The normalized spacial score (nSPS) is 39.6. The number of ketones is 4. The van der Waals surface area contributed by atoms with Crippen molar-refractivity contribution in [1.82, 2.24) is 21.3 Å². The molecule has 4 saturated heterocycles. The Morgan fingerprint density at radius 2 is 0.692 bits per heavy atom. The van der Waals surface area contributed by atoms with E-state index in [4.69, 9.17) is 0 Å². The molecule has 8 aliphatic rings. The largest absolute Gasteiger partial charge is 0.307 e. The van der Waals surface area contributed by atoms with Gasteiger partial charge in [-0.1, -0.05) is 77.0 Å². The molecule has 4 heterocycles. The zero-order valence-corrected chi connectivity index (χ0v) is 33.5. The Hall–Kier alpha value is -1.48. The van der Waals surface area contributed by atoms with Crippen LogP contribution in [0.4, 0.5) is 0 Å². The van der Waals surface area contributed by atoms with Gasteiger partial charge < -0.3 is 21.3 Å². The van der Waals surface area contributed by atoms with Gasteiger partial charge in [0.1, 0.15) is 23.1 Å². The molecule has 0 spiro atoms. The molecule has 52 heavy (non-hydrogen) atoms. The van der Waals surface area contributed by atoms with Crippen molar-refractivity contribution in [3.8, 4) is 0 Å². The molecule has 8 fully saturated rings. The van der Waals surface area contributed by atoms with Crippen LogP contribution in [0.1, 0.15) is 156 Å². The third kappa shape index (κ3) is 11.8. The van der Waals surface area contributed by atoms with Crippen LogP contribution in [0, 0.1) is 47.3 Å². The van der Waals surface area contributed by atoms with Crippen molar-refractivity contribution in [2.45, 2.75) is 180 Å². The Kier molecular flexibility index (Phi) is 16.8. The average molecular weight is 725 g/mol. The summed E-state index contributed by atoms with van der Waals surface area (Å²) < 4.78 is 0. The molecule has 8 nitrogen and oxygen atoms in total. The molecule has 12 unspecified atom stereocenters. The summed E-state index contributed by atoms with van der Waals surface area (Å²) in [4.78, 5) is 45.2. The van der Waals surface area contributed by atoms with E-state index in [2.05, 4.69) is 21.3 Å². The lowest BCUT2D eigenvalue weighted by Gasteiger charge is -2.40. The standard InChI is InChI=1S/4C11H19NO/c2*1-8(13)11-6-9-4-2-3-5-10(9)7-12-11;2*1-8(13)11-10-5-3-2-4-9(10)6-7-12-11/h4*9-12H,2-7H2,1H3. The van der Waals surface area contributed by atoms with Crippen LogP contribution in [0.3, 0.4) is 0 Å².